The van der Waals surface area contributed by atoms with Gasteiger partial charge in [-0.25, -0.2) is 16.8 Å². The van der Waals surface area contributed by atoms with Crippen LogP contribution in [0.3, 0.4) is 0 Å². The number of hydrogen-bond acceptors (Lipinski definition) is 5. The van der Waals surface area contributed by atoms with Crippen molar-refractivity contribution in [1.82, 2.24) is 0 Å². The number of hydrogen-bond donors (Lipinski definition) is 1. The number of sulfonamides is 2. The van der Waals surface area contributed by atoms with Crippen molar-refractivity contribution < 1.29 is 21.6 Å². The zero-order chi connectivity index (χ0) is 22.9. The summed E-state index contributed by atoms with van der Waals surface area (Å²) in [5, 5.41) is 0. The highest BCUT2D eigenvalue weighted by Gasteiger charge is 2.29. The first-order valence-corrected chi connectivity index (χ1v) is 13.0. The third-order valence-electron chi connectivity index (χ3n) is 5.32. The van der Waals surface area contributed by atoms with Crippen LogP contribution < -0.4 is 9.03 Å². The molecule has 166 valence electrons. The topological polar surface area (TPSA) is 101 Å². The molecular formula is C23H22N2O5S2. The van der Waals surface area contributed by atoms with Gasteiger partial charge in [0.1, 0.15) is 0 Å². The van der Waals surface area contributed by atoms with E-state index in [1.54, 1.807) is 48.5 Å². The van der Waals surface area contributed by atoms with Crippen LogP contribution in [0.2, 0.25) is 0 Å². The maximum Gasteiger partial charge on any atom is 0.264 e. The summed E-state index contributed by atoms with van der Waals surface area (Å²) in [7, 11) is -7.69. The number of anilines is 2. The maximum atomic E-state index is 13.2. The van der Waals surface area contributed by atoms with E-state index >= 15 is 0 Å². The Labute approximate surface area is 187 Å². The zero-order valence-electron chi connectivity index (χ0n) is 17.4. The normalized spacial score (nSPS) is 14.0. The van der Waals surface area contributed by atoms with E-state index in [0.29, 0.717) is 30.6 Å². The Morgan fingerprint density at radius 1 is 0.875 bits per heavy atom. The monoisotopic (exact) mass is 470 g/mol. The molecule has 0 atom stereocenters. The summed E-state index contributed by atoms with van der Waals surface area (Å²) in [5.41, 5.74) is 1.98. The number of rotatable bonds is 6. The van der Waals surface area contributed by atoms with Crippen LogP contribution in [0.1, 0.15) is 29.3 Å². The van der Waals surface area contributed by atoms with Gasteiger partial charge in [0, 0.05) is 12.1 Å². The van der Waals surface area contributed by atoms with Gasteiger partial charge in [0.15, 0.2) is 5.78 Å². The van der Waals surface area contributed by atoms with Crippen molar-refractivity contribution in [1.29, 1.82) is 0 Å². The number of Topliss-reactive ketones (excluding diaryl/α,β-unsaturated/α-hetero) is 1. The SMILES string of the molecule is CC(=O)c1ccc(S(=O)(=O)Nc2ccc3c(c2)N(S(=O)(=O)c2ccccc2)CCC3)cc1. The van der Waals surface area contributed by atoms with Gasteiger partial charge in [0.05, 0.1) is 21.2 Å². The highest BCUT2D eigenvalue weighted by Crippen LogP contribution is 2.34. The number of benzene rings is 3. The van der Waals surface area contributed by atoms with Crippen molar-refractivity contribution in [3.63, 3.8) is 0 Å². The molecule has 0 bridgehead atoms. The first-order chi connectivity index (χ1) is 15.2. The molecule has 3 aromatic carbocycles. The molecule has 0 unspecified atom stereocenters. The molecule has 0 spiro atoms. The quantitative estimate of drug-likeness (QED) is 0.552. The average Bonchev–Trinajstić information content (AvgIpc) is 2.79. The van der Waals surface area contributed by atoms with Crippen molar-refractivity contribution in [2.24, 2.45) is 0 Å². The molecule has 3 aromatic rings. The van der Waals surface area contributed by atoms with Crippen LogP contribution >= 0.6 is 0 Å². The van der Waals surface area contributed by atoms with E-state index in [9.17, 15) is 21.6 Å². The molecule has 0 saturated heterocycles. The van der Waals surface area contributed by atoms with Gasteiger partial charge in [-0.2, -0.15) is 0 Å². The highest BCUT2D eigenvalue weighted by atomic mass is 32.2. The lowest BCUT2D eigenvalue weighted by molar-refractivity contribution is 0.101. The Morgan fingerprint density at radius 2 is 1.56 bits per heavy atom. The molecule has 0 saturated carbocycles. The lowest BCUT2D eigenvalue weighted by Crippen LogP contribution is -2.35. The van der Waals surface area contributed by atoms with E-state index in [4.69, 9.17) is 0 Å². The van der Waals surface area contributed by atoms with Crippen molar-refractivity contribution >= 4 is 37.2 Å². The summed E-state index contributed by atoms with van der Waals surface area (Å²) in [6, 6.07) is 18.7. The molecule has 0 fully saturated rings. The molecule has 0 aliphatic carbocycles. The van der Waals surface area contributed by atoms with Crippen LogP contribution in [0.5, 0.6) is 0 Å². The molecule has 1 aliphatic heterocycles. The van der Waals surface area contributed by atoms with Crippen molar-refractivity contribution in [3.8, 4) is 0 Å². The third kappa shape index (κ3) is 4.26. The first-order valence-electron chi connectivity index (χ1n) is 10.0. The minimum atomic E-state index is -3.92. The second-order valence-electron chi connectivity index (χ2n) is 7.52. The van der Waals surface area contributed by atoms with Crippen molar-refractivity contribution in [3.05, 3.63) is 83.9 Å². The maximum absolute atomic E-state index is 13.2. The van der Waals surface area contributed by atoms with E-state index in [1.807, 2.05) is 0 Å². The van der Waals surface area contributed by atoms with Crippen molar-refractivity contribution in [2.45, 2.75) is 29.6 Å². The van der Waals surface area contributed by atoms with Gasteiger partial charge >= 0.3 is 0 Å². The van der Waals surface area contributed by atoms with Crippen molar-refractivity contribution in [2.75, 3.05) is 15.6 Å². The van der Waals surface area contributed by atoms with Gasteiger partial charge in [0.2, 0.25) is 0 Å². The smallest absolute Gasteiger partial charge is 0.264 e. The third-order valence-corrected chi connectivity index (χ3v) is 8.54. The van der Waals surface area contributed by atoms with Crippen LogP contribution in [0.25, 0.3) is 0 Å². The van der Waals surface area contributed by atoms with E-state index in [2.05, 4.69) is 4.72 Å². The highest BCUT2D eigenvalue weighted by molar-refractivity contribution is 7.93. The lowest BCUT2D eigenvalue weighted by atomic mass is 10.0. The summed E-state index contributed by atoms with van der Waals surface area (Å²) in [5.74, 6) is -0.156. The molecule has 32 heavy (non-hydrogen) atoms. The van der Waals surface area contributed by atoms with Crippen LogP contribution in [-0.4, -0.2) is 29.2 Å². The van der Waals surface area contributed by atoms with Gasteiger partial charge in [-0.15, -0.1) is 0 Å². The standard InChI is InChI=1S/C23H22N2O5S2/c1-17(26)18-10-13-21(14-11-18)31(27,28)24-20-12-9-19-6-5-15-25(23(19)16-20)32(29,30)22-7-3-2-4-8-22/h2-4,7-14,16,24H,5-6,15H2,1H3. The number of nitrogens with one attached hydrogen (secondary N) is 1. The molecule has 0 aromatic heterocycles. The fourth-order valence-corrected chi connectivity index (χ4v) is 6.26. The summed E-state index contributed by atoms with van der Waals surface area (Å²) in [4.78, 5) is 11.6. The Hall–Kier alpha value is -3.17. The van der Waals surface area contributed by atoms with Gasteiger partial charge < -0.3 is 0 Å². The first kappa shape index (κ1) is 22.0. The molecule has 1 aliphatic rings. The summed E-state index contributed by atoms with van der Waals surface area (Å²) in [6.07, 6.45) is 1.38. The van der Waals surface area contributed by atoms with E-state index < -0.39 is 20.0 Å². The van der Waals surface area contributed by atoms with E-state index in [-0.39, 0.29) is 21.3 Å². The number of carbonyl (C=O) groups excluding carboxylic acids is 1. The Balaban J connectivity index is 1.67. The lowest BCUT2D eigenvalue weighted by Gasteiger charge is -2.31. The summed E-state index contributed by atoms with van der Waals surface area (Å²) >= 11 is 0. The molecule has 7 nitrogen and oxygen atoms in total. The molecular weight excluding hydrogens is 448 g/mol. The number of carbonyl (C=O) groups is 1. The van der Waals surface area contributed by atoms with E-state index in [1.165, 1.54) is 35.5 Å². The zero-order valence-corrected chi connectivity index (χ0v) is 19.0. The second kappa shape index (κ2) is 8.40. The molecule has 9 heteroatoms. The molecule has 1 heterocycles. The van der Waals surface area contributed by atoms with Gasteiger partial charge in [-0.3, -0.25) is 13.8 Å². The Bertz CT molecular complexity index is 1370. The van der Waals surface area contributed by atoms with Crippen LogP contribution in [0.15, 0.2) is 82.6 Å². The number of aryl methyl sites for hydroxylation is 1. The van der Waals surface area contributed by atoms with Gasteiger partial charge in [0.25, 0.3) is 20.0 Å². The molecule has 4 rings (SSSR count). The fraction of sp³-hybridized carbons (Fsp3) is 0.174. The van der Waals surface area contributed by atoms with Crippen LogP contribution in [-0.2, 0) is 26.5 Å². The summed E-state index contributed by atoms with van der Waals surface area (Å²) < 4.78 is 55.9. The number of ketones is 1. The van der Waals surface area contributed by atoms with Gasteiger partial charge in [-0.1, -0.05) is 36.4 Å². The van der Waals surface area contributed by atoms with E-state index in [0.717, 1.165) is 5.56 Å². The second-order valence-corrected chi connectivity index (χ2v) is 11.1. The largest absolute Gasteiger partial charge is 0.295 e. The van der Waals surface area contributed by atoms with Crippen LogP contribution in [0.4, 0.5) is 11.4 Å². The fourth-order valence-electron chi connectivity index (χ4n) is 3.66. The Kier molecular flexibility index (Phi) is 5.79. The summed E-state index contributed by atoms with van der Waals surface area (Å²) in [6.45, 7) is 1.72. The number of nitrogens with zero attached hydrogens (tertiary/aromatic N) is 1. The Morgan fingerprint density at radius 3 is 2.22 bits per heavy atom. The molecule has 0 radical (unpaired) electrons. The minimum Gasteiger partial charge on any atom is -0.295 e. The predicted octanol–water partition coefficient (Wildman–Crippen LogP) is 3.83. The van der Waals surface area contributed by atoms with Gasteiger partial charge in [-0.05, 0) is 61.7 Å². The molecule has 0 amide bonds. The number of fused-ring (bicyclic) bond motifs is 1. The predicted molar refractivity (Wildman–Crippen MR) is 123 cm³/mol. The minimum absolute atomic E-state index is 0.00832. The average molecular weight is 471 g/mol. The molecule has 1 N–H and O–H groups in total. The van der Waals surface area contributed by atoms with Crippen LogP contribution in [0, 0.1) is 0 Å².